The van der Waals surface area contributed by atoms with Crippen LogP contribution in [0.1, 0.15) is 32.3 Å². The zero-order valence-corrected chi connectivity index (χ0v) is 13.9. The Bertz CT molecular complexity index is 562. The van der Waals surface area contributed by atoms with E-state index in [0.717, 1.165) is 34.8 Å². The van der Waals surface area contributed by atoms with E-state index in [4.69, 9.17) is 10.4 Å². The van der Waals surface area contributed by atoms with Crippen LogP contribution < -0.4 is 0 Å². The second-order valence-corrected chi connectivity index (χ2v) is 6.68. The number of carboxylic acid groups (broad SMARTS) is 1. The summed E-state index contributed by atoms with van der Waals surface area (Å²) >= 11 is 3.49. The van der Waals surface area contributed by atoms with Gasteiger partial charge in [0.1, 0.15) is 11.6 Å². The highest BCUT2D eigenvalue weighted by atomic mass is 32.2. The Morgan fingerprint density at radius 2 is 1.95 bits per heavy atom. The maximum atomic E-state index is 11.0. The van der Waals surface area contributed by atoms with Gasteiger partial charge in [-0.2, -0.15) is 5.26 Å². The number of nitrogens with zero attached hydrogens (tertiary/aromatic N) is 1. The van der Waals surface area contributed by atoms with E-state index in [2.05, 4.69) is 19.9 Å². The third-order valence-electron chi connectivity index (χ3n) is 2.57. The van der Waals surface area contributed by atoms with Crippen molar-refractivity contribution in [2.24, 2.45) is 0 Å². The van der Waals surface area contributed by atoms with Gasteiger partial charge in [-0.05, 0) is 48.1 Å². The lowest BCUT2D eigenvalue weighted by molar-refractivity contribution is -0.132. The summed E-state index contributed by atoms with van der Waals surface area (Å²) < 4.78 is 0. The lowest BCUT2D eigenvalue weighted by atomic mass is 10.1. The van der Waals surface area contributed by atoms with Crippen LogP contribution in [-0.4, -0.2) is 22.6 Å². The van der Waals surface area contributed by atoms with Crippen molar-refractivity contribution in [1.82, 2.24) is 0 Å². The van der Waals surface area contributed by atoms with Crippen LogP contribution >= 0.6 is 23.5 Å². The van der Waals surface area contributed by atoms with Crippen molar-refractivity contribution in [1.29, 1.82) is 5.26 Å². The van der Waals surface area contributed by atoms with Gasteiger partial charge in [0.15, 0.2) is 0 Å². The van der Waals surface area contributed by atoms with Gasteiger partial charge in [0, 0.05) is 9.79 Å². The van der Waals surface area contributed by atoms with Gasteiger partial charge in [-0.15, -0.1) is 23.5 Å². The fourth-order valence-electron chi connectivity index (χ4n) is 1.58. The van der Waals surface area contributed by atoms with Crippen LogP contribution in [0, 0.1) is 11.3 Å². The number of hydrogen-bond acceptors (Lipinski definition) is 4. The predicted octanol–water partition coefficient (Wildman–Crippen LogP) is 4.68. The summed E-state index contributed by atoms with van der Waals surface area (Å²) in [7, 11) is 0. The number of aliphatic carboxylic acids is 1. The minimum Gasteiger partial charge on any atom is -0.477 e. The molecule has 0 unspecified atom stereocenters. The fourth-order valence-corrected chi connectivity index (χ4v) is 3.39. The van der Waals surface area contributed by atoms with Gasteiger partial charge in [0.25, 0.3) is 0 Å². The monoisotopic (exact) mass is 321 g/mol. The van der Waals surface area contributed by atoms with Crippen LogP contribution in [0.3, 0.4) is 0 Å². The van der Waals surface area contributed by atoms with Crippen molar-refractivity contribution >= 4 is 35.6 Å². The molecule has 3 nitrogen and oxygen atoms in total. The van der Waals surface area contributed by atoms with Crippen molar-refractivity contribution < 1.29 is 9.90 Å². The second-order valence-electron chi connectivity index (χ2n) is 4.37. The maximum Gasteiger partial charge on any atom is 0.346 e. The van der Waals surface area contributed by atoms with Crippen LogP contribution in [-0.2, 0) is 4.79 Å². The molecule has 0 aromatic heterocycles. The predicted molar refractivity (Wildman–Crippen MR) is 89.7 cm³/mol. The Labute approximate surface area is 134 Å². The number of benzene rings is 1. The molecule has 1 rings (SSSR count). The Kier molecular flexibility index (Phi) is 8.03. The van der Waals surface area contributed by atoms with Crippen molar-refractivity contribution in [2.45, 2.75) is 36.5 Å². The van der Waals surface area contributed by atoms with Crippen LogP contribution in [0.5, 0.6) is 0 Å². The smallest absolute Gasteiger partial charge is 0.346 e. The van der Waals surface area contributed by atoms with E-state index in [1.807, 2.05) is 12.1 Å². The number of nitriles is 1. The number of rotatable bonds is 8. The highest BCUT2D eigenvalue weighted by Gasteiger charge is 2.09. The molecule has 0 fully saturated rings. The zero-order chi connectivity index (χ0) is 15.7. The molecule has 0 aliphatic carbocycles. The highest BCUT2D eigenvalue weighted by molar-refractivity contribution is 8.00. The summed E-state index contributed by atoms with van der Waals surface area (Å²) in [6, 6.07) is 7.70. The summed E-state index contributed by atoms with van der Waals surface area (Å²) in [5.74, 6) is 0.844. The van der Waals surface area contributed by atoms with Gasteiger partial charge in [-0.3, -0.25) is 0 Å². The van der Waals surface area contributed by atoms with E-state index in [0.29, 0.717) is 0 Å². The van der Waals surface area contributed by atoms with E-state index >= 15 is 0 Å². The van der Waals surface area contributed by atoms with Crippen LogP contribution in [0.2, 0.25) is 0 Å². The number of thioether (sulfide) groups is 2. The van der Waals surface area contributed by atoms with Crippen molar-refractivity contribution in [3.63, 3.8) is 0 Å². The van der Waals surface area contributed by atoms with Gasteiger partial charge >= 0.3 is 5.97 Å². The van der Waals surface area contributed by atoms with Gasteiger partial charge in [-0.25, -0.2) is 4.79 Å². The van der Waals surface area contributed by atoms with Gasteiger partial charge in [0.05, 0.1) is 0 Å². The minimum absolute atomic E-state index is 0.234. The first-order valence-electron chi connectivity index (χ1n) is 6.87. The first-order valence-corrected chi connectivity index (χ1v) is 8.84. The largest absolute Gasteiger partial charge is 0.477 e. The Balaban J connectivity index is 3.12. The number of carboxylic acids is 1. The molecule has 0 bridgehead atoms. The standard InChI is InChI=1S/C16H19NO2S2/c1-3-7-20-14-6-5-12(9-13(11-17)16(18)19)15(10-14)21-8-4-2/h5-6,9-10H,3-4,7-8H2,1-2H3,(H,18,19). The Hall–Kier alpha value is -1.38. The molecular formula is C16H19NO2S2. The van der Waals surface area contributed by atoms with E-state index in [-0.39, 0.29) is 5.57 Å². The average molecular weight is 321 g/mol. The van der Waals surface area contributed by atoms with Crippen molar-refractivity contribution in [3.8, 4) is 6.07 Å². The number of carbonyl (C=O) groups is 1. The summed E-state index contributed by atoms with van der Waals surface area (Å²) in [6.45, 7) is 4.25. The van der Waals surface area contributed by atoms with E-state index < -0.39 is 5.97 Å². The normalized spacial score (nSPS) is 11.2. The lowest BCUT2D eigenvalue weighted by Gasteiger charge is -2.08. The topological polar surface area (TPSA) is 61.1 Å². The molecule has 0 atom stereocenters. The summed E-state index contributed by atoms with van der Waals surface area (Å²) in [4.78, 5) is 13.2. The van der Waals surface area contributed by atoms with Crippen molar-refractivity contribution in [2.75, 3.05) is 11.5 Å². The lowest BCUT2D eigenvalue weighted by Crippen LogP contribution is -1.98. The van der Waals surface area contributed by atoms with Gasteiger partial charge in [0.2, 0.25) is 0 Å². The molecule has 5 heteroatoms. The SMILES string of the molecule is CCCSc1ccc(C=C(C#N)C(=O)O)c(SCCC)c1. The van der Waals surface area contributed by atoms with Crippen molar-refractivity contribution in [3.05, 3.63) is 29.3 Å². The molecule has 1 N–H and O–H groups in total. The first kappa shape index (κ1) is 17.7. The maximum absolute atomic E-state index is 11.0. The van der Waals surface area contributed by atoms with Crippen LogP contribution in [0.25, 0.3) is 6.08 Å². The molecule has 1 aromatic rings. The molecular weight excluding hydrogens is 302 g/mol. The molecule has 112 valence electrons. The zero-order valence-electron chi connectivity index (χ0n) is 12.3. The third-order valence-corrected chi connectivity index (χ3v) is 5.05. The Morgan fingerprint density at radius 3 is 2.52 bits per heavy atom. The molecule has 0 aliphatic heterocycles. The highest BCUT2D eigenvalue weighted by Crippen LogP contribution is 2.30. The Morgan fingerprint density at radius 1 is 1.29 bits per heavy atom. The molecule has 0 spiro atoms. The number of hydrogen-bond donors (Lipinski definition) is 1. The van der Waals surface area contributed by atoms with E-state index in [1.54, 1.807) is 29.6 Å². The second kappa shape index (κ2) is 9.54. The van der Waals surface area contributed by atoms with E-state index in [1.165, 1.54) is 11.0 Å². The minimum atomic E-state index is -1.19. The molecule has 0 amide bonds. The molecule has 0 heterocycles. The van der Waals surface area contributed by atoms with E-state index in [9.17, 15) is 4.79 Å². The first-order chi connectivity index (χ1) is 10.1. The van der Waals surface area contributed by atoms with Crippen LogP contribution in [0.4, 0.5) is 0 Å². The van der Waals surface area contributed by atoms with Gasteiger partial charge in [-0.1, -0.05) is 19.9 Å². The quantitative estimate of drug-likeness (QED) is 0.428. The molecule has 0 saturated carbocycles. The molecule has 0 radical (unpaired) electrons. The third kappa shape index (κ3) is 5.86. The fraction of sp³-hybridized carbons (Fsp3) is 0.375. The van der Waals surface area contributed by atoms with Crippen LogP contribution in [0.15, 0.2) is 33.6 Å². The summed E-state index contributed by atoms with van der Waals surface area (Å²) in [5.41, 5.74) is 0.565. The molecule has 21 heavy (non-hydrogen) atoms. The average Bonchev–Trinajstić information content (AvgIpc) is 2.49. The summed E-state index contributed by atoms with van der Waals surface area (Å²) in [6.07, 6.45) is 3.61. The molecule has 1 aromatic carbocycles. The summed E-state index contributed by atoms with van der Waals surface area (Å²) in [5, 5.41) is 17.9. The molecule has 0 saturated heterocycles. The van der Waals surface area contributed by atoms with Gasteiger partial charge < -0.3 is 5.11 Å². The molecule has 0 aliphatic rings.